The van der Waals surface area contributed by atoms with Gasteiger partial charge >= 0.3 is 0 Å². The van der Waals surface area contributed by atoms with Gasteiger partial charge in [-0.2, -0.15) is 5.10 Å². The van der Waals surface area contributed by atoms with E-state index in [2.05, 4.69) is 21.1 Å². The minimum absolute atomic E-state index is 0.638. The van der Waals surface area contributed by atoms with E-state index >= 15 is 0 Å². The fourth-order valence-electron chi connectivity index (χ4n) is 2.42. The van der Waals surface area contributed by atoms with Crippen molar-refractivity contribution in [1.29, 1.82) is 0 Å². The molecule has 96 valence electrons. The van der Waals surface area contributed by atoms with Crippen LogP contribution in [0.5, 0.6) is 0 Å². The number of benzene rings is 1. The summed E-state index contributed by atoms with van der Waals surface area (Å²) in [6.07, 6.45) is 4.30. The highest BCUT2D eigenvalue weighted by atomic mass is 15.3. The zero-order valence-electron chi connectivity index (χ0n) is 10.7. The molecule has 0 radical (unpaired) electrons. The number of nitrogens with one attached hydrogen (secondary N) is 1. The molecule has 0 spiro atoms. The van der Waals surface area contributed by atoms with Crippen LogP contribution < -0.4 is 5.73 Å². The number of aromatic amines is 1. The summed E-state index contributed by atoms with van der Waals surface area (Å²) in [6.45, 7) is 0. The van der Waals surface area contributed by atoms with Crippen molar-refractivity contribution in [2.45, 2.75) is 18.8 Å². The van der Waals surface area contributed by atoms with E-state index in [0.717, 1.165) is 28.0 Å². The van der Waals surface area contributed by atoms with E-state index in [1.54, 1.807) is 10.9 Å². The van der Waals surface area contributed by atoms with E-state index in [4.69, 9.17) is 5.73 Å². The van der Waals surface area contributed by atoms with Crippen LogP contribution in [-0.4, -0.2) is 19.7 Å². The smallest absolute Gasteiger partial charge is 0.129 e. The van der Waals surface area contributed by atoms with Crippen molar-refractivity contribution in [1.82, 2.24) is 19.7 Å². The lowest BCUT2D eigenvalue weighted by atomic mass is 10.1. The Morgan fingerprint density at radius 1 is 1.37 bits per heavy atom. The highest BCUT2D eigenvalue weighted by molar-refractivity contribution is 5.84. The van der Waals surface area contributed by atoms with Gasteiger partial charge in [0.2, 0.25) is 0 Å². The molecule has 19 heavy (non-hydrogen) atoms. The number of imidazole rings is 1. The van der Waals surface area contributed by atoms with Crippen molar-refractivity contribution >= 4 is 16.9 Å². The van der Waals surface area contributed by atoms with Crippen LogP contribution in [0.4, 0.5) is 5.82 Å². The minimum atomic E-state index is 0.638. The molecule has 5 heteroatoms. The second kappa shape index (κ2) is 3.60. The molecule has 3 aromatic rings. The molecular formula is C14H15N5. The molecule has 0 amide bonds. The quantitative estimate of drug-likeness (QED) is 0.736. The average molecular weight is 253 g/mol. The Bertz CT molecular complexity index is 763. The van der Waals surface area contributed by atoms with Gasteiger partial charge < -0.3 is 10.7 Å². The maximum absolute atomic E-state index is 6.02. The number of nitrogens with zero attached hydrogens (tertiary/aromatic N) is 3. The van der Waals surface area contributed by atoms with Crippen molar-refractivity contribution in [3.8, 4) is 11.1 Å². The number of hydrogen-bond acceptors (Lipinski definition) is 3. The van der Waals surface area contributed by atoms with Gasteiger partial charge in [-0.3, -0.25) is 4.68 Å². The first-order valence-corrected chi connectivity index (χ1v) is 6.50. The molecule has 0 saturated heterocycles. The molecule has 4 rings (SSSR count). The van der Waals surface area contributed by atoms with Gasteiger partial charge in [-0.15, -0.1) is 0 Å². The van der Waals surface area contributed by atoms with Crippen molar-refractivity contribution in [2.24, 2.45) is 7.05 Å². The number of aryl methyl sites for hydroxylation is 1. The van der Waals surface area contributed by atoms with Crippen molar-refractivity contribution in [3.63, 3.8) is 0 Å². The van der Waals surface area contributed by atoms with Crippen LogP contribution in [0.3, 0.4) is 0 Å². The lowest BCUT2D eigenvalue weighted by Gasteiger charge is -2.00. The predicted molar refractivity (Wildman–Crippen MR) is 74.7 cm³/mol. The summed E-state index contributed by atoms with van der Waals surface area (Å²) in [5, 5.41) is 4.18. The molecule has 1 aliphatic rings. The van der Waals surface area contributed by atoms with Gasteiger partial charge in [0, 0.05) is 18.5 Å². The fourth-order valence-corrected chi connectivity index (χ4v) is 2.42. The van der Waals surface area contributed by atoms with E-state index in [0.29, 0.717) is 11.7 Å². The fraction of sp³-hybridized carbons (Fsp3) is 0.286. The molecule has 1 fully saturated rings. The number of H-pyrrole nitrogens is 1. The van der Waals surface area contributed by atoms with Gasteiger partial charge in [0.1, 0.15) is 11.6 Å². The number of anilines is 1. The highest BCUT2D eigenvalue weighted by Crippen LogP contribution is 2.39. The van der Waals surface area contributed by atoms with Gasteiger partial charge in [0.25, 0.3) is 0 Å². The van der Waals surface area contributed by atoms with Crippen LogP contribution in [0.15, 0.2) is 24.4 Å². The molecule has 2 aromatic heterocycles. The number of fused-ring (bicyclic) bond motifs is 1. The topological polar surface area (TPSA) is 72.5 Å². The maximum Gasteiger partial charge on any atom is 0.129 e. The summed E-state index contributed by atoms with van der Waals surface area (Å²) in [5.74, 6) is 2.44. The van der Waals surface area contributed by atoms with Crippen LogP contribution >= 0.6 is 0 Å². The first kappa shape index (κ1) is 10.6. The number of nitrogen functional groups attached to an aromatic ring is 1. The third-order valence-electron chi connectivity index (χ3n) is 3.76. The molecule has 0 aliphatic heterocycles. The van der Waals surface area contributed by atoms with E-state index < -0.39 is 0 Å². The Kier molecular flexibility index (Phi) is 2.01. The predicted octanol–water partition coefficient (Wildman–Crippen LogP) is 2.42. The highest BCUT2D eigenvalue weighted by Gasteiger charge is 2.26. The van der Waals surface area contributed by atoms with Gasteiger partial charge in [-0.1, -0.05) is 6.07 Å². The van der Waals surface area contributed by atoms with Crippen molar-refractivity contribution < 1.29 is 0 Å². The summed E-state index contributed by atoms with van der Waals surface area (Å²) in [7, 11) is 1.85. The summed E-state index contributed by atoms with van der Waals surface area (Å²) < 4.78 is 1.68. The van der Waals surface area contributed by atoms with Crippen LogP contribution in [0.1, 0.15) is 24.6 Å². The number of rotatable bonds is 2. The van der Waals surface area contributed by atoms with Gasteiger partial charge in [0.15, 0.2) is 0 Å². The molecule has 0 unspecified atom stereocenters. The summed E-state index contributed by atoms with van der Waals surface area (Å²) in [4.78, 5) is 8.04. The molecular weight excluding hydrogens is 238 g/mol. The van der Waals surface area contributed by atoms with E-state index in [1.807, 2.05) is 19.2 Å². The van der Waals surface area contributed by atoms with Crippen LogP contribution in [0.2, 0.25) is 0 Å². The Labute approximate surface area is 110 Å². The monoisotopic (exact) mass is 253 g/mol. The summed E-state index contributed by atoms with van der Waals surface area (Å²) in [5.41, 5.74) is 10.1. The maximum atomic E-state index is 6.02. The largest absolute Gasteiger partial charge is 0.383 e. The molecule has 2 heterocycles. The van der Waals surface area contributed by atoms with Crippen LogP contribution in [0.25, 0.3) is 22.2 Å². The molecule has 1 saturated carbocycles. The second-order valence-corrected chi connectivity index (χ2v) is 5.20. The first-order chi connectivity index (χ1) is 9.22. The average Bonchev–Trinajstić information content (AvgIpc) is 3.10. The standard InChI is InChI=1S/C14H15N5/c1-19-13(15)10(7-16-19)9-4-5-11-12(6-9)18-14(17-11)8-2-3-8/h4-8H,2-3,15H2,1H3,(H,17,18). The molecule has 5 nitrogen and oxygen atoms in total. The van der Waals surface area contributed by atoms with Crippen LogP contribution in [-0.2, 0) is 7.05 Å². The van der Waals surface area contributed by atoms with Crippen molar-refractivity contribution in [3.05, 3.63) is 30.2 Å². The number of hydrogen-bond donors (Lipinski definition) is 2. The molecule has 3 N–H and O–H groups in total. The molecule has 0 atom stereocenters. The molecule has 1 aliphatic carbocycles. The molecule has 1 aromatic carbocycles. The minimum Gasteiger partial charge on any atom is -0.383 e. The van der Waals surface area contributed by atoms with Gasteiger partial charge in [0.05, 0.1) is 17.2 Å². The number of nitrogens with two attached hydrogens (primary N) is 1. The number of aromatic nitrogens is 4. The van der Waals surface area contributed by atoms with Crippen molar-refractivity contribution in [2.75, 3.05) is 5.73 Å². The second-order valence-electron chi connectivity index (χ2n) is 5.20. The van der Waals surface area contributed by atoms with E-state index in [9.17, 15) is 0 Å². The summed E-state index contributed by atoms with van der Waals surface area (Å²) in [6, 6.07) is 6.19. The Hall–Kier alpha value is -2.30. The Morgan fingerprint density at radius 3 is 2.89 bits per heavy atom. The normalized spacial score (nSPS) is 15.2. The first-order valence-electron chi connectivity index (χ1n) is 6.50. The van der Waals surface area contributed by atoms with E-state index in [1.165, 1.54) is 12.8 Å². The van der Waals surface area contributed by atoms with E-state index in [-0.39, 0.29) is 0 Å². The zero-order chi connectivity index (χ0) is 13.0. The SMILES string of the molecule is Cn1ncc(-c2ccc3nc(C4CC4)[nH]c3c2)c1N. The zero-order valence-corrected chi connectivity index (χ0v) is 10.7. The van der Waals surface area contributed by atoms with Crippen LogP contribution in [0, 0.1) is 0 Å². The molecule has 0 bridgehead atoms. The Balaban J connectivity index is 1.84. The lowest BCUT2D eigenvalue weighted by molar-refractivity contribution is 0.779. The Morgan fingerprint density at radius 2 is 2.21 bits per heavy atom. The van der Waals surface area contributed by atoms with Gasteiger partial charge in [-0.05, 0) is 30.5 Å². The van der Waals surface area contributed by atoms with Gasteiger partial charge in [-0.25, -0.2) is 4.98 Å². The third kappa shape index (κ3) is 1.62. The summed E-state index contributed by atoms with van der Waals surface area (Å²) >= 11 is 0. The third-order valence-corrected chi connectivity index (χ3v) is 3.76. The lowest BCUT2D eigenvalue weighted by Crippen LogP contribution is -1.97.